The van der Waals surface area contributed by atoms with E-state index in [1.54, 1.807) is 7.11 Å². The van der Waals surface area contributed by atoms with Gasteiger partial charge in [-0.25, -0.2) is 0 Å². The van der Waals surface area contributed by atoms with Crippen molar-refractivity contribution in [3.63, 3.8) is 0 Å². The van der Waals surface area contributed by atoms with E-state index >= 15 is 0 Å². The van der Waals surface area contributed by atoms with E-state index in [1.807, 2.05) is 18.2 Å². The molecule has 0 aliphatic heterocycles. The fourth-order valence-corrected chi connectivity index (χ4v) is 1.64. The van der Waals surface area contributed by atoms with Crippen LogP contribution in [0.2, 0.25) is 0 Å². The van der Waals surface area contributed by atoms with E-state index in [9.17, 15) is 0 Å². The second-order valence-corrected chi connectivity index (χ2v) is 4.86. The van der Waals surface area contributed by atoms with Gasteiger partial charge in [-0.15, -0.1) is 0 Å². The Hall–Kier alpha value is -1.06. The molecule has 1 aromatic rings. The van der Waals surface area contributed by atoms with Gasteiger partial charge in [0.25, 0.3) is 0 Å². The van der Waals surface area contributed by atoms with Gasteiger partial charge in [0.2, 0.25) is 0 Å². The molecule has 0 radical (unpaired) electrons. The fourth-order valence-electron chi connectivity index (χ4n) is 1.64. The van der Waals surface area contributed by atoms with Gasteiger partial charge < -0.3 is 14.8 Å². The highest BCUT2D eigenvalue weighted by molar-refractivity contribution is 5.27. The maximum absolute atomic E-state index is 5.63. The summed E-state index contributed by atoms with van der Waals surface area (Å²) >= 11 is 0. The van der Waals surface area contributed by atoms with Crippen LogP contribution in [0.3, 0.4) is 0 Å². The van der Waals surface area contributed by atoms with Crippen molar-refractivity contribution in [1.29, 1.82) is 0 Å². The number of nitrogens with one attached hydrogen (secondary N) is 1. The van der Waals surface area contributed by atoms with E-state index in [0.717, 1.165) is 37.4 Å². The Labute approximate surface area is 110 Å². The molecule has 3 nitrogen and oxygen atoms in total. The molecule has 1 N–H and O–H groups in total. The molecular formula is C15H25NO2. The van der Waals surface area contributed by atoms with Gasteiger partial charge in [0.05, 0.1) is 13.7 Å². The van der Waals surface area contributed by atoms with Crippen molar-refractivity contribution in [2.75, 3.05) is 26.8 Å². The largest absolute Gasteiger partial charge is 0.497 e. The van der Waals surface area contributed by atoms with Gasteiger partial charge in [-0.2, -0.15) is 0 Å². The van der Waals surface area contributed by atoms with E-state index in [0.29, 0.717) is 12.5 Å². The number of rotatable bonds is 9. The lowest BCUT2D eigenvalue weighted by molar-refractivity contribution is 0.118. The molecule has 0 spiro atoms. The Morgan fingerprint density at radius 3 is 2.83 bits per heavy atom. The third kappa shape index (κ3) is 6.62. The average molecular weight is 251 g/mol. The van der Waals surface area contributed by atoms with E-state index < -0.39 is 0 Å². The molecule has 0 aromatic heterocycles. The van der Waals surface area contributed by atoms with Crippen LogP contribution in [0, 0.1) is 5.92 Å². The fraction of sp³-hybridized carbons (Fsp3) is 0.600. The van der Waals surface area contributed by atoms with E-state index in [4.69, 9.17) is 9.47 Å². The molecule has 102 valence electrons. The minimum Gasteiger partial charge on any atom is -0.497 e. The normalized spacial score (nSPS) is 10.9. The molecule has 0 saturated carbocycles. The minimum absolute atomic E-state index is 0.654. The van der Waals surface area contributed by atoms with Crippen molar-refractivity contribution < 1.29 is 9.47 Å². The van der Waals surface area contributed by atoms with Gasteiger partial charge in [-0.05, 0) is 43.1 Å². The van der Waals surface area contributed by atoms with Gasteiger partial charge in [0, 0.05) is 6.61 Å². The van der Waals surface area contributed by atoms with Crippen molar-refractivity contribution in [2.45, 2.75) is 26.9 Å². The van der Waals surface area contributed by atoms with Crippen molar-refractivity contribution in [3.05, 3.63) is 29.8 Å². The molecule has 0 bridgehead atoms. The highest BCUT2D eigenvalue weighted by Crippen LogP contribution is 2.13. The summed E-state index contributed by atoms with van der Waals surface area (Å²) in [5.74, 6) is 1.59. The Balaban J connectivity index is 2.06. The maximum Gasteiger partial charge on any atom is 0.119 e. The average Bonchev–Trinajstić information content (AvgIpc) is 2.37. The Morgan fingerprint density at radius 2 is 2.11 bits per heavy atom. The molecule has 0 saturated heterocycles. The number of methoxy groups -OCH3 is 1. The van der Waals surface area contributed by atoms with Gasteiger partial charge in [0.15, 0.2) is 0 Å². The molecule has 0 aliphatic carbocycles. The van der Waals surface area contributed by atoms with Crippen molar-refractivity contribution >= 4 is 0 Å². The number of hydrogen-bond donors (Lipinski definition) is 1. The van der Waals surface area contributed by atoms with Crippen LogP contribution in [-0.4, -0.2) is 26.8 Å². The van der Waals surface area contributed by atoms with Gasteiger partial charge >= 0.3 is 0 Å². The summed E-state index contributed by atoms with van der Waals surface area (Å²) in [4.78, 5) is 0. The molecule has 3 heteroatoms. The van der Waals surface area contributed by atoms with Crippen LogP contribution in [-0.2, 0) is 11.3 Å². The molecule has 0 atom stereocenters. The predicted octanol–water partition coefficient (Wildman–Crippen LogP) is 2.85. The Morgan fingerprint density at radius 1 is 1.28 bits per heavy atom. The molecule has 1 aromatic carbocycles. The van der Waals surface area contributed by atoms with Crippen LogP contribution in [0.4, 0.5) is 0 Å². The predicted molar refractivity (Wildman–Crippen MR) is 75.0 cm³/mol. The van der Waals surface area contributed by atoms with Gasteiger partial charge in [-0.1, -0.05) is 26.0 Å². The molecule has 0 unspecified atom stereocenters. The molecule has 0 amide bonds. The molecule has 0 heterocycles. The van der Waals surface area contributed by atoms with Crippen LogP contribution in [0.25, 0.3) is 0 Å². The van der Waals surface area contributed by atoms with Crippen molar-refractivity contribution in [1.82, 2.24) is 5.32 Å². The summed E-state index contributed by atoms with van der Waals surface area (Å²) in [5, 5.41) is 3.40. The number of hydrogen-bond acceptors (Lipinski definition) is 3. The Bertz CT molecular complexity index is 326. The monoisotopic (exact) mass is 251 g/mol. The standard InChI is InChI=1S/C15H25NO2/c1-13(2)11-16-8-5-9-18-12-14-6-4-7-15(10-14)17-3/h4,6-7,10,13,16H,5,8-9,11-12H2,1-3H3. The highest BCUT2D eigenvalue weighted by atomic mass is 16.5. The first-order chi connectivity index (χ1) is 8.72. The third-order valence-electron chi connectivity index (χ3n) is 2.60. The number of benzene rings is 1. The lowest BCUT2D eigenvalue weighted by atomic mass is 10.2. The van der Waals surface area contributed by atoms with Crippen molar-refractivity contribution in [3.8, 4) is 5.75 Å². The zero-order chi connectivity index (χ0) is 13.2. The lowest BCUT2D eigenvalue weighted by Gasteiger charge is -2.08. The topological polar surface area (TPSA) is 30.5 Å². The summed E-state index contributed by atoms with van der Waals surface area (Å²) in [6.45, 7) is 7.98. The summed E-state index contributed by atoms with van der Waals surface area (Å²) in [5.41, 5.74) is 1.16. The second-order valence-electron chi connectivity index (χ2n) is 4.86. The SMILES string of the molecule is COc1cccc(COCCCNCC(C)C)c1. The summed E-state index contributed by atoms with van der Waals surface area (Å²) in [7, 11) is 1.68. The van der Waals surface area contributed by atoms with Gasteiger partial charge in [0.1, 0.15) is 5.75 Å². The van der Waals surface area contributed by atoms with Crippen LogP contribution < -0.4 is 10.1 Å². The zero-order valence-electron chi connectivity index (χ0n) is 11.7. The molecule has 0 fully saturated rings. The van der Waals surface area contributed by atoms with E-state index in [2.05, 4.69) is 25.2 Å². The van der Waals surface area contributed by atoms with Crippen LogP contribution in [0.1, 0.15) is 25.8 Å². The van der Waals surface area contributed by atoms with Crippen LogP contribution in [0.5, 0.6) is 5.75 Å². The first-order valence-corrected chi connectivity index (χ1v) is 6.63. The van der Waals surface area contributed by atoms with E-state index in [1.165, 1.54) is 0 Å². The van der Waals surface area contributed by atoms with Crippen LogP contribution in [0.15, 0.2) is 24.3 Å². The summed E-state index contributed by atoms with van der Waals surface area (Å²) in [6.07, 6.45) is 1.05. The Kier molecular flexibility index (Phi) is 7.46. The first kappa shape index (κ1) is 15.0. The molecule has 1 rings (SSSR count). The molecule has 0 aliphatic rings. The number of ether oxygens (including phenoxy) is 2. The third-order valence-corrected chi connectivity index (χ3v) is 2.60. The zero-order valence-corrected chi connectivity index (χ0v) is 11.7. The smallest absolute Gasteiger partial charge is 0.119 e. The minimum atomic E-state index is 0.654. The summed E-state index contributed by atoms with van der Waals surface area (Å²) in [6, 6.07) is 8.00. The highest BCUT2D eigenvalue weighted by Gasteiger charge is 1.97. The quantitative estimate of drug-likeness (QED) is 0.685. The maximum atomic E-state index is 5.63. The molecular weight excluding hydrogens is 226 g/mol. The van der Waals surface area contributed by atoms with Gasteiger partial charge in [-0.3, -0.25) is 0 Å². The second kappa shape index (κ2) is 8.95. The van der Waals surface area contributed by atoms with Crippen LogP contribution >= 0.6 is 0 Å². The summed E-state index contributed by atoms with van der Waals surface area (Å²) < 4.78 is 10.8. The first-order valence-electron chi connectivity index (χ1n) is 6.63. The lowest BCUT2D eigenvalue weighted by Crippen LogP contribution is -2.21. The van der Waals surface area contributed by atoms with Crippen molar-refractivity contribution in [2.24, 2.45) is 5.92 Å². The molecule has 18 heavy (non-hydrogen) atoms. The van der Waals surface area contributed by atoms with E-state index in [-0.39, 0.29) is 0 Å².